The summed E-state index contributed by atoms with van der Waals surface area (Å²) in [6.45, 7) is 0. The van der Waals surface area contributed by atoms with Crippen molar-refractivity contribution in [2.45, 2.75) is 12.8 Å². The fraction of sp³-hybridized carbons (Fsp3) is 0.231. The fourth-order valence-corrected chi connectivity index (χ4v) is 1.87. The predicted octanol–water partition coefficient (Wildman–Crippen LogP) is 1.95. The van der Waals surface area contributed by atoms with E-state index in [1.165, 1.54) is 0 Å². The minimum atomic E-state index is -0.896. The molecule has 0 saturated carbocycles. The number of anilines is 1. The molecule has 0 radical (unpaired) electrons. The summed E-state index contributed by atoms with van der Waals surface area (Å²) in [6.07, 6.45) is 0.220. The van der Waals surface area contributed by atoms with Crippen LogP contribution in [0.3, 0.4) is 0 Å². The molecule has 0 fully saturated rings. The second kappa shape index (κ2) is 5.43. The van der Waals surface area contributed by atoms with E-state index in [1.54, 1.807) is 13.2 Å². The number of carbonyl (C=O) groups is 1. The first-order valence-corrected chi connectivity index (χ1v) is 5.72. The fourth-order valence-electron chi connectivity index (χ4n) is 1.87. The van der Waals surface area contributed by atoms with Crippen LogP contribution in [0, 0.1) is 0 Å². The number of carboxylic acids is 1. The molecule has 1 aromatic carbocycles. The number of nitrogens with two attached hydrogens (primary N) is 1. The van der Waals surface area contributed by atoms with Crippen LogP contribution in [-0.4, -0.2) is 23.3 Å². The van der Waals surface area contributed by atoms with Gasteiger partial charge in [0, 0.05) is 12.0 Å². The van der Waals surface area contributed by atoms with Gasteiger partial charge in [-0.1, -0.05) is 23.4 Å². The Balaban J connectivity index is 2.43. The minimum Gasteiger partial charge on any atom is -0.496 e. The van der Waals surface area contributed by atoms with Gasteiger partial charge < -0.3 is 20.1 Å². The highest BCUT2D eigenvalue weighted by molar-refractivity contribution is 5.80. The Bertz CT molecular complexity index is 592. The van der Waals surface area contributed by atoms with Gasteiger partial charge in [-0.3, -0.25) is 4.79 Å². The number of hydrogen-bond donors (Lipinski definition) is 2. The van der Waals surface area contributed by atoms with Crippen LogP contribution in [0.4, 0.5) is 5.88 Å². The lowest BCUT2D eigenvalue weighted by molar-refractivity contribution is -0.136. The van der Waals surface area contributed by atoms with Crippen LogP contribution in [0.5, 0.6) is 5.75 Å². The van der Waals surface area contributed by atoms with Crippen LogP contribution in [0.1, 0.15) is 12.1 Å². The zero-order valence-corrected chi connectivity index (χ0v) is 10.4. The van der Waals surface area contributed by atoms with Crippen molar-refractivity contribution < 1.29 is 19.2 Å². The van der Waals surface area contributed by atoms with Crippen LogP contribution < -0.4 is 10.5 Å². The number of aromatic nitrogens is 1. The molecule has 0 spiro atoms. The van der Waals surface area contributed by atoms with E-state index in [-0.39, 0.29) is 18.7 Å². The van der Waals surface area contributed by atoms with Gasteiger partial charge in [-0.05, 0) is 6.07 Å². The Kier molecular flexibility index (Phi) is 3.70. The maximum atomic E-state index is 10.6. The van der Waals surface area contributed by atoms with Crippen LogP contribution in [0.2, 0.25) is 0 Å². The van der Waals surface area contributed by atoms with Crippen molar-refractivity contribution >= 4 is 11.9 Å². The topological polar surface area (TPSA) is 98.6 Å². The third kappa shape index (κ3) is 2.67. The van der Waals surface area contributed by atoms with E-state index >= 15 is 0 Å². The molecular formula is C13H14N2O4. The highest BCUT2D eigenvalue weighted by Gasteiger charge is 2.19. The zero-order chi connectivity index (χ0) is 13.8. The number of rotatable bonds is 5. The van der Waals surface area contributed by atoms with E-state index in [0.29, 0.717) is 17.0 Å². The molecule has 2 aromatic rings. The molecule has 3 N–H and O–H groups in total. The van der Waals surface area contributed by atoms with Crippen molar-refractivity contribution in [2.24, 2.45) is 0 Å². The summed E-state index contributed by atoms with van der Waals surface area (Å²) in [6, 6.07) is 7.29. The summed E-state index contributed by atoms with van der Waals surface area (Å²) in [4.78, 5) is 10.6. The van der Waals surface area contributed by atoms with Gasteiger partial charge in [0.2, 0.25) is 5.88 Å². The van der Waals surface area contributed by atoms with Gasteiger partial charge in [0.25, 0.3) is 0 Å². The molecule has 0 aliphatic heterocycles. The number of aryl methyl sites for hydroxylation is 1. The molecule has 19 heavy (non-hydrogen) atoms. The van der Waals surface area contributed by atoms with Gasteiger partial charge in [-0.25, -0.2) is 0 Å². The van der Waals surface area contributed by atoms with E-state index in [4.69, 9.17) is 20.1 Å². The lowest BCUT2D eigenvalue weighted by atomic mass is 10.0. The molecule has 1 aromatic heterocycles. The molecular weight excluding hydrogens is 248 g/mol. The Morgan fingerprint density at radius 3 is 2.89 bits per heavy atom. The van der Waals surface area contributed by atoms with Crippen LogP contribution in [0.25, 0.3) is 11.1 Å². The Morgan fingerprint density at radius 1 is 1.47 bits per heavy atom. The summed E-state index contributed by atoms with van der Waals surface area (Å²) in [5, 5.41) is 12.6. The first-order valence-electron chi connectivity index (χ1n) is 5.72. The molecule has 2 rings (SSSR count). The number of hydrogen-bond acceptors (Lipinski definition) is 5. The van der Waals surface area contributed by atoms with E-state index in [1.807, 2.05) is 18.2 Å². The van der Waals surface area contributed by atoms with Gasteiger partial charge in [0.15, 0.2) is 0 Å². The van der Waals surface area contributed by atoms with Gasteiger partial charge in [0.05, 0.1) is 24.8 Å². The molecule has 6 heteroatoms. The molecule has 100 valence electrons. The molecule has 0 aliphatic rings. The normalized spacial score (nSPS) is 10.4. The van der Waals surface area contributed by atoms with Crippen LogP contribution in [-0.2, 0) is 11.2 Å². The van der Waals surface area contributed by atoms with Gasteiger partial charge >= 0.3 is 5.97 Å². The van der Waals surface area contributed by atoms with Crippen LogP contribution >= 0.6 is 0 Å². The Hall–Kier alpha value is -2.50. The molecule has 0 atom stereocenters. The number of benzene rings is 1. The number of nitrogen functional groups attached to an aromatic ring is 1. The second-order valence-corrected chi connectivity index (χ2v) is 3.96. The van der Waals surface area contributed by atoms with Gasteiger partial charge in [0.1, 0.15) is 5.75 Å². The number of methoxy groups -OCH3 is 1. The van der Waals surface area contributed by atoms with Gasteiger partial charge in [-0.15, -0.1) is 0 Å². The average molecular weight is 262 g/mol. The average Bonchev–Trinajstić information content (AvgIpc) is 2.77. The molecule has 0 saturated heterocycles. The Labute approximate surface area is 109 Å². The quantitative estimate of drug-likeness (QED) is 0.854. The standard InChI is InChI=1S/C13H14N2O4/c1-18-10-5-3-2-4-8(10)12-9(6-7-11(16)17)15-19-13(12)14/h2-5H,6-7,14H2,1H3,(H,16,17). The van der Waals surface area contributed by atoms with Crippen molar-refractivity contribution in [3.8, 4) is 16.9 Å². The molecule has 0 bridgehead atoms. The first-order chi connectivity index (χ1) is 9.13. The summed E-state index contributed by atoms with van der Waals surface area (Å²) < 4.78 is 10.2. The van der Waals surface area contributed by atoms with E-state index in [0.717, 1.165) is 5.56 Å². The maximum absolute atomic E-state index is 10.6. The summed E-state index contributed by atoms with van der Waals surface area (Å²) in [5.74, 6) is -0.105. The van der Waals surface area contributed by atoms with Crippen molar-refractivity contribution in [1.82, 2.24) is 5.16 Å². The number of carboxylic acid groups (broad SMARTS) is 1. The van der Waals surface area contributed by atoms with Crippen molar-refractivity contribution in [3.63, 3.8) is 0 Å². The predicted molar refractivity (Wildman–Crippen MR) is 68.9 cm³/mol. The monoisotopic (exact) mass is 262 g/mol. The molecule has 6 nitrogen and oxygen atoms in total. The summed E-state index contributed by atoms with van der Waals surface area (Å²) >= 11 is 0. The molecule has 0 amide bonds. The zero-order valence-electron chi connectivity index (χ0n) is 10.4. The number of aliphatic carboxylic acids is 1. The van der Waals surface area contributed by atoms with Crippen molar-refractivity contribution in [1.29, 1.82) is 0 Å². The smallest absolute Gasteiger partial charge is 0.303 e. The first kappa shape index (κ1) is 12.9. The number of ether oxygens (including phenoxy) is 1. The minimum absolute atomic E-state index is 0.0336. The van der Waals surface area contributed by atoms with Crippen molar-refractivity contribution in [3.05, 3.63) is 30.0 Å². The summed E-state index contributed by atoms with van der Waals surface area (Å²) in [5.41, 5.74) is 7.63. The SMILES string of the molecule is COc1ccccc1-c1c(CCC(=O)O)noc1N. The lowest BCUT2D eigenvalue weighted by Crippen LogP contribution is -2.00. The third-order valence-corrected chi connectivity index (χ3v) is 2.74. The third-order valence-electron chi connectivity index (χ3n) is 2.74. The second-order valence-electron chi connectivity index (χ2n) is 3.96. The lowest BCUT2D eigenvalue weighted by Gasteiger charge is -2.07. The maximum Gasteiger partial charge on any atom is 0.303 e. The van der Waals surface area contributed by atoms with E-state index in [2.05, 4.69) is 5.16 Å². The van der Waals surface area contributed by atoms with E-state index < -0.39 is 5.97 Å². The molecule has 0 aliphatic carbocycles. The van der Waals surface area contributed by atoms with Gasteiger partial charge in [-0.2, -0.15) is 0 Å². The summed E-state index contributed by atoms with van der Waals surface area (Å²) in [7, 11) is 1.56. The Morgan fingerprint density at radius 2 is 2.21 bits per heavy atom. The van der Waals surface area contributed by atoms with Crippen LogP contribution in [0.15, 0.2) is 28.8 Å². The van der Waals surface area contributed by atoms with E-state index in [9.17, 15) is 4.79 Å². The number of nitrogens with zero attached hydrogens (tertiary/aromatic N) is 1. The highest BCUT2D eigenvalue weighted by atomic mass is 16.5. The molecule has 1 heterocycles. The van der Waals surface area contributed by atoms with Crippen molar-refractivity contribution in [2.75, 3.05) is 12.8 Å². The molecule has 0 unspecified atom stereocenters. The number of para-hydroxylation sites is 1. The highest BCUT2D eigenvalue weighted by Crippen LogP contribution is 2.36. The largest absolute Gasteiger partial charge is 0.496 e.